The summed E-state index contributed by atoms with van der Waals surface area (Å²) >= 11 is 0. The molecular formula is C39H52O8Si. The molecule has 0 aromatic heterocycles. The maximum absolute atomic E-state index is 11.0. The smallest absolute Gasteiger partial charge is 0.192 e. The molecule has 0 saturated carbocycles. The van der Waals surface area contributed by atoms with Gasteiger partial charge >= 0.3 is 0 Å². The van der Waals surface area contributed by atoms with Gasteiger partial charge in [-0.1, -0.05) is 93.6 Å². The van der Waals surface area contributed by atoms with Crippen LogP contribution in [0, 0.1) is 0 Å². The van der Waals surface area contributed by atoms with Crippen LogP contribution in [0.15, 0.2) is 78.9 Å². The van der Waals surface area contributed by atoms with Crippen LogP contribution in [0.4, 0.5) is 0 Å². The largest absolute Gasteiger partial charge is 0.414 e. The summed E-state index contributed by atoms with van der Waals surface area (Å²) < 4.78 is 46.6. The molecule has 260 valence electrons. The normalized spacial score (nSPS) is 37.6. The van der Waals surface area contributed by atoms with Gasteiger partial charge in [0.15, 0.2) is 8.32 Å². The quantitative estimate of drug-likeness (QED) is 0.278. The molecule has 2 aromatic carbocycles. The van der Waals surface area contributed by atoms with Crippen LogP contribution in [0.25, 0.3) is 10.8 Å². The van der Waals surface area contributed by atoms with E-state index in [1.807, 2.05) is 12.2 Å². The van der Waals surface area contributed by atoms with Gasteiger partial charge in [-0.25, -0.2) is 0 Å². The molecule has 5 aliphatic heterocycles. The molecule has 7 rings (SSSR count). The third-order valence-electron chi connectivity index (χ3n) is 11.1. The Kier molecular flexibility index (Phi) is 10.1. The van der Waals surface area contributed by atoms with E-state index in [2.05, 4.69) is 101 Å². The first kappa shape index (κ1) is 34.3. The molecule has 1 N–H and O–H groups in total. The summed E-state index contributed by atoms with van der Waals surface area (Å²) in [5.74, 6) is 0. The Bertz CT molecular complexity index is 1500. The minimum atomic E-state index is -2.03. The fourth-order valence-corrected chi connectivity index (χ4v) is 8.23. The van der Waals surface area contributed by atoms with Crippen molar-refractivity contribution in [2.75, 3.05) is 13.2 Å². The molecule has 2 fully saturated rings. The van der Waals surface area contributed by atoms with E-state index < -0.39 is 20.5 Å². The average molecular weight is 677 g/mol. The summed E-state index contributed by atoms with van der Waals surface area (Å²) in [6, 6.07) is 14.9. The first-order valence-corrected chi connectivity index (χ1v) is 20.6. The minimum absolute atomic E-state index is 0.0597. The van der Waals surface area contributed by atoms with E-state index >= 15 is 0 Å². The summed E-state index contributed by atoms with van der Waals surface area (Å²) in [6.07, 6.45) is 10.7. The third-order valence-corrected chi connectivity index (χ3v) is 15.6. The molecule has 0 bridgehead atoms. The fourth-order valence-electron chi connectivity index (χ4n) is 7.22. The SMILES string of the molecule is CC(C)(C)[Si](C)(C)OC[C@H]1O[C@H]2C=C[C@H]3O[C@H]4[C@H](OCc5ccc6ccccc6c5)[C@H]5OCC=CC[C@@H]5O[C@@H]4C[C@@H]3O[C@@H]2C/C=C\[C@@H]1O. The number of benzene rings is 2. The van der Waals surface area contributed by atoms with Crippen LogP contribution in [-0.2, 0) is 39.5 Å². The van der Waals surface area contributed by atoms with Gasteiger partial charge < -0.3 is 38.0 Å². The van der Waals surface area contributed by atoms with Crippen LogP contribution in [0.2, 0.25) is 18.1 Å². The van der Waals surface area contributed by atoms with Crippen molar-refractivity contribution in [3.8, 4) is 0 Å². The maximum atomic E-state index is 11.0. The Balaban J connectivity index is 1.08. The molecule has 5 heterocycles. The topological polar surface area (TPSA) is 84.8 Å². The van der Waals surface area contributed by atoms with Crippen LogP contribution in [0.1, 0.15) is 45.6 Å². The summed E-state index contributed by atoms with van der Waals surface area (Å²) in [5, 5.41) is 13.5. The highest BCUT2D eigenvalue weighted by Crippen LogP contribution is 2.41. The molecule has 5 aliphatic rings. The predicted molar refractivity (Wildman–Crippen MR) is 187 cm³/mol. The van der Waals surface area contributed by atoms with Crippen molar-refractivity contribution in [1.29, 1.82) is 0 Å². The Morgan fingerprint density at radius 1 is 0.792 bits per heavy atom. The highest BCUT2D eigenvalue weighted by atomic mass is 28.4. The average Bonchev–Trinajstić information content (AvgIpc) is 3.38. The Morgan fingerprint density at radius 3 is 2.35 bits per heavy atom. The molecule has 48 heavy (non-hydrogen) atoms. The second-order valence-corrected chi connectivity index (χ2v) is 20.2. The number of ether oxygens (including phenoxy) is 6. The van der Waals surface area contributed by atoms with Crippen LogP contribution in [-0.4, -0.2) is 93.8 Å². The molecule has 0 radical (unpaired) electrons. The fraction of sp³-hybridized carbons (Fsp3) is 0.590. The Labute approximate surface area is 286 Å². The Morgan fingerprint density at radius 2 is 1.54 bits per heavy atom. The van der Waals surface area contributed by atoms with E-state index in [9.17, 15) is 5.11 Å². The van der Waals surface area contributed by atoms with Crippen LogP contribution < -0.4 is 0 Å². The summed E-state index contributed by atoms with van der Waals surface area (Å²) in [5.41, 5.74) is 1.11. The second kappa shape index (κ2) is 14.2. The van der Waals surface area contributed by atoms with Gasteiger partial charge in [-0.05, 0) is 53.4 Å². The zero-order chi connectivity index (χ0) is 33.5. The van der Waals surface area contributed by atoms with Gasteiger partial charge in [0.05, 0.1) is 44.2 Å². The lowest BCUT2D eigenvalue weighted by atomic mass is 9.87. The van der Waals surface area contributed by atoms with Gasteiger partial charge in [0, 0.05) is 6.42 Å². The molecule has 11 atom stereocenters. The zero-order valence-electron chi connectivity index (χ0n) is 28.9. The first-order chi connectivity index (χ1) is 23.1. The van der Waals surface area contributed by atoms with Gasteiger partial charge in [0.25, 0.3) is 0 Å². The highest BCUT2D eigenvalue weighted by Gasteiger charge is 2.53. The van der Waals surface area contributed by atoms with Crippen molar-refractivity contribution >= 4 is 19.1 Å². The van der Waals surface area contributed by atoms with Gasteiger partial charge in [-0.15, -0.1) is 0 Å². The molecule has 2 saturated heterocycles. The lowest BCUT2D eigenvalue weighted by Gasteiger charge is -2.50. The predicted octanol–water partition coefficient (Wildman–Crippen LogP) is 6.42. The molecule has 9 heteroatoms. The second-order valence-electron chi connectivity index (χ2n) is 15.4. The molecule has 8 nitrogen and oxygen atoms in total. The van der Waals surface area contributed by atoms with Crippen LogP contribution in [0.3, 0.4) is 0 Å². The maximum Gasteiger partial charge on any atom is 0.192 e. The van der Waals surface area contributed by atoms with Gasteiger partial charge in [0.1, 0.15) is 42.7 Å². The standard InChI is InChI=1S/C39H52O8Si/c1-39(2,3)48(4,5)43-24-35-28(40)13-10-15-29-30(45-35)18-19-31-33(44-29)22-34-37(47-31)38(36-32(46-34)14-8-9-20-41-36)42-23-25-16-17-26-11-6-7-12-27(26)21-25/h6-13,16-19,21,28-38,40H,14-15,20,22-24H2,1-5H3/b13-10-/t28-,29+,30-,31+,32-,33-,34+,35+,36-,37+,38+/m0/s1. The third kappa shape index (κ3) is 7.31. The summed E-state index contributed by atoms with van der Waals surface area (Å²) in [7, 11) is -2.03. The monoisotopic (exact) mass is 676 g/mol. The summed E-state index contributed by atoms with van der Waals surface area (Å²) in [6.45, 7) is 12.4. The van der Waals surface area contributed by atoms with E-state index in [0.717, 1.165) is 12.0 Å². The minimum Gasteiger partial charge on any atom is -0.414 e. The van der Waals surface area contributed by atoms with Gasteiger partial charge in [-0.3, -0.25) is 0 Å². The molecule has 2 aromatic rings. The number of aliphatic hydroxyl groups is 1. The van der Waals surface area contributed by atoms with Crippen molar-refractivity contribution in [2.24, 2.45) is 0 Å². The molecule has 0 spiro atoms. The summed E-state index contributed by atoms with van der Waals surface area (Å²) in [4.78, 5) is 0. The van der Waals surface area contributed by atoms with Gasteiger partial charge in [-0.2, -0.15) is 0 Å². The molecule has 0 aliphatic carbocycles. The van der Waals surface area contributed by atoms with Crippen molar-refractivity contribution in [1.82, 2.24) is 0 Å². The van der Waals surface area contributed by atoms with Crippen molar-refractivity contribution in [2.45, 2.75) is 132 Å². The van der Waals surface area contributed by atoms with E-state index in [-0.39, 0.29) is 60.0 Å². The zero-order valence-corrected chi connectivity index (χ0v) is 29.9. The number of hydrogen-bond donors (Lipinski definition) is 1. The lowest BCUT2D eigenvalue weighted by Crippen LogP contribution is -2.64. The van der Waals surface area contributed by atoms with Crippen molar-refractivity contribution < 1.29 is 38.0 Å². The Hall–Kier alpha value is -2.18. The van der Waals surface area contributed by atoms with E-state index in [4.69, 9.17) is 32.8 Å². The van der Waals surface area contributed by atoms with Crippen LogP contribution >= 0.6 is 0 Å². The number of hydrogen-bond acceptors (Lipinski definition) is 8. The van der Waals surface area contributed by atoms with E-state index in [1.165, 1.54) is 10.8 Å². The number of aliphatic hydroxyl groups excluding tert-OH is 1. The first-order valence-electron chi connectivity index (χ1n) is 17.7. The molecule has 0 unspecified atom stereocenters. The number of fused-ring (bicyclic) bond motifs is 5. The highest BCUT2D eigenvalue weighted by molar-refractivity contribution is 6.74. The van der Waals surface area contributed by atoms with E-state index in [1.54, 1.807) is 0 Å². The van der Waals surface area contributed by atoms with Gasteiger partial charge in [0.2, 0.25) is 0 Å². The van der Waals surface area contributed by atoms with E-state index in [0.29, 0.717) is 32.7 Å². The number of rotatable bonds is 6. The lowest BCUT2D eigenvalue weighted by molar-refractivity contribution is -0.295. The molecular weight excluding hydrogens is 625 g/mol. The molecule has 0 amide bonds. The van der Waals surface area contributed by atoms with Crippen molar-refractivity contribution in [3.05, 3.63) is 84.5 Å². The van der Waals surface area contributed by atoms with Crippen LogP contribution in [0.5, 0.6) is 0 Å². The van der Waals surface area contributed by atoms with Crippen molar-refractivity contribution in [3.63, 3.8) is 0 Å².